The summed E-state index contributed by atoms with van der Waals surface area (Å²) in [7, 11) is 0. The van der Waals surface area contributed by atoms with Gasteiger partial charge in [0.15, 0.2) is 5.69 Å². The van der Waals surface area contributed by atoms with E-state index in [4.69, 9.17) is 4.52 Å². The molecule has 2 N–H and O–H groups in total. The molecule has 3 rings (SSSR count). The summed E-state index contributed by atoms with van der Waals surface area (Å²) in [6, 6.07) is 1.29. The van der Waals surface area contributed by atoms with Crippen molar-refractivity contribution in [2.24, 2.45) is 5.41 Å². The van der Waals surface area contributed by atoms with E-state index >= 15 is 0 Å². The Bertz CT molecular complexity index is 643. The molecule has 0 bridgehead atoms. The molecule has 1 aliphatic heterocycles. The molecule has 138 valence electrons. The van der Waals surface area contributed by atoms with E-state index in [9.17, 15) is 14.7 Å². The third-order valence-electron chi connectivity index (χ3n) is 6.22. The van der Waals surface area contributed by atoms with Gasteiger partial charge in [-0.05, 0) is 26.2 Å². The number of hydrogen-bond acceptors (Lipinski definition) is 5. The van der Waals surface area contributed by atoms with Crippen LogP contribution in [-0.4, -0.2) is 51.2 Å². The topological polar surface area (TPSA) is 95.7 Å². The summed E-state index contributed by atoms with van der Waals surface area (Å²) >= 11 is 0. The largest absolute Gasteiger partial charge is 0.390 e. The van der Waals surface area contributed by atoms with Crippen molar-refractivity contribution in [2.75, 3.05) is 6.54 Å². The van der Waals surface area contributed by atoms with Crippen molar-refractivity contribution in [1.29, 1.82) is 0 Å². The van der Waals surface area contributed by atoms with Crippen LogP contribution in [0.3, 0.4) is 0 Å². The van der Waals surface area contributed by atoms with Crippen LogP contribution in [0.4, 0.5) is 0 Å². The minimum Gasteiger partial charge on any atom is -0.390 e. The van der Waals surface area contributed by atoms with Gasteiger partial charge in [0.25, 0.3) is 5.91 Å². The highest BCUT2D eigenvalue weighted by molar-refractivity contribution is 5.93. The normalized spacial score (nSPS) is 35.1. The molecular formula is C18H27N3O4. The van der Waals surface area contributed by atoms with E-state index in [1.54, 1.807) is 6.07 Å². The van der Waals surface area contributed by atoms with Gasteiger partial charge in [0, 0.05) is 31.0 Å². The van der Waals surface area contributed by atoms with Gasteiger partial charge in [0.05, 0.1) is 11.6 Å². The zero-order valence-corrected chi connectivity index (χ0v) is 15.1. The SMILES string of the molecule is CC(=O)NC[C@H]1C[C@]2(C)[C@@H](CCCC[C@]2(C)O)N1C(=O)c1ccon1. The van der Waals surface area contributed by atoms with Crippen LogP contribution in [0.5, 0.6) is 0 Å². The maximum absolute atomic E-state index is 13.1. The Kier molecular flexibility index (Phi) is 4.62. The van der Waals surface area contributed by atoms with E-state index in [1.807, 2.05) is 11.8 Å². The Labute approximate surface area is 147 Å². The Morgan fingerprint density at radius 3 is 2.84 bits per heavy atom. The quantitative estimate of drug-likeness (QED) is 0.866. The molecule has 2 heterocycles. The summed E-state index contributed by atoms with van der Waals surface area (Å²) in [5.74, 6) is -0.326. The molecule has 0 spiro atoms. The summed E-state index contributed by atoms with van der Waals surface area (Å²) in [6.07, 6.45) is 5.50. The third-order valence-corrected chi connectivity index (χ3v) is 6.22. The number of carbonyl (C=O) groups is 2. The minimum atomic E-state index is -0.860. The first-order valence-corrected chi connectivity index (χ1v) is 8.96. The number of carbonyl (C=O) groups excluding carboxylic acids is 2. The second-order valence-corrected chi connectivity index (χ2v) is 7.85. The van der Waals surface area contributed by atoms with E-state index in [0.29, 0.717) is 13.0 Å². The smallest absolute Gasteiger partial charge is 0.276 e. The van der Waals surface area contributed by atoms with Gasteiger partial charge in [-0.25, -0.2) is 0 Å². The van der Waals surface area contributed by atoms with Crippen LogP contribution in [0, 0.1) is 5.41 Å². The van der Waals surface area contributed by atoms with Crippen molar-refractivity contribution in [2.45, 2.75) is 70.6 Å². The second-order valence-electron chi connectivity index (χ2n) is 7.85. The molecule has 1 aliphatic carbocycles. The van der Waals surface area contributed by atoms with Gasteiger partial charge in [-0.1, -0.05) is 24.9 Å². The molecule has 25 heavy (non-hydrogen) atoms. The van der Waals surface area contributed by atoms with Crippen molar-refractivity contribution in [3.8, 4) is 0 Å². The lowest BCUT2D eigenvalue weighted by atomic mass is 9.67. The highest BCUT2D eigenvalue weighted by Gasteiger charge is 2.59. The van der Waals surface area contributed by atoms with Crippen LogP contribution in [-0.2, 0) is 4.79 Å². The molecule has 0 radical (unpaired) electrons. The molecule has 7 heteroatoms. The lowest BCUT2D eigenvalue weighted by Crippen LogP contribution is -2.52. The zero-order valence-electron chi connectivity index (χ0n) is 15.1. The van der Waals surface area contributed by atoms with Gasteiger partial charge in [-0.2, -0.15) is 0 Å². The van der Waals surface area contributed by atoms with E-state index in [-0.39, 0.29) is 29.6 Å². The molecule has 2 aliphatic rings. The Hall–Kier alpha value is -1.89. The first-order valence-electron chi connectivity index (χ1n) is 8.96. The molecule has 2 fully saturated rings. The van der Waals surface area contributed by atoms with Crippen molar-refractivity contribution >= 4 is 11.8 Å². The molecule has 1 aromatic rings. The summed E-state index contributed by atoms with van der Waals surface area (Å²) in [4.78, 5) is 26.3. The number of rotatable bonds is 3. The Morgan fingerprint density at radius 1 is 1.44 bits per heavy atom. The summed E-state index contributed by atoms with van der Waals surface area (Å²) in [5, 5.41) is 17.8. The Morgan fingerprint density at radius 2 is 2.20 bits per heavy atom. The number of fused-ring (bicyclic) bond motifs is 1. The maximum Gasteiger partial charge on any atom is 0.276 e. The number of nitrogens with zero attached hydrogens (tertiary/aromatic N) is 2. The van der Waals surface area contributed by atoms with Gasteiger partial charge in [-0.3, -0.25) is 9.59 Å². The third kappa shape index (κ3) is 3.05. The number of likely N-dealkylation sites (tertiary alicyclic amines) is 1. The molecule has 0 aromatic carbocycles. The van der Waals surface area contributed by atoms with Crippen LogP contribution in [0.15, 0.2) is 16.9 Å². The highest BCUT2D eigenvalue weighted by atomic mass is 16.5. The van der Waals surface area contributed by atoms with Crippen LogP contribution in [0.1, 0.15) is 63.4 Å². The second kappa shape index (κ2) is 6.44. The van der Waals surface area contributed by atoms with Crippen molar-refractivity contribution in [1.82, 2.24) is 15.4 Å². The number of aliphatic hydroxyl groups is 1. The van der Waals surface area contributed by atoms with Crippen LogP contribution >= 0.6 is 0 Å². The van der Waals surface area contributed by atoms with Crippen LogP contribution in [0.25, 0.3) is 0 Å². The van der Waals surface area contributed by atoms with Crippen molar-refractivity contribution in [3.05, 3.63) is 18.0 Å². The molecule has 2 amide bonds. The first kappa shape index (κ1) is 17.9. The van der Waals surface area contributed by atoms with Gasteiger partial charge >= 0.3 is 0 Å². The average Bonchev–Trinajstić information content (AvgIpc) is 3.14. The average molecular weight is 349 g/mol. The van der Waals surface area contributed by atoms with Crippen molar-refractivity contribution in [3.63, 3.8) is 0 Å². The summed E-state index contributed by atoms with van der Waals surface area (Å²) < 4.78 is 4.84. The minimum absolute atomic E-state index is 0.0899. The van der Waals surface area contributed by atoms with Gasteiger partial charge in [-0.15, -0.1) is 0 Å². The predicted octanol–water partition coefficient (Wildman–Crippen LogP) is 1.73. The van der Waals surface area contributed by atoms with E-state index < -0.39 is 11.0 Å². The van der Waals surface area contributed by atoms with E-state index in [2.05, 4.69) is 17.4 Å². The zero-order chi connectivity index (χ0) is 18.2. The highest BCUT2D eigenvalue weighted by Crippen LogP contribution is 2.53. The molecule has 1 saturated carbocycles. The lowest BCUT2D eigenvalue weighted by Gasteiger charge is -2.43. The molecule has 7 nitrogen and oxygen atoms in total. The molecule has 4 atom stereocenters. The summed E-state index contributed by atoms with van der Waals surface area (Å²) in [5.41, 5.74) is -1.02. The number of aromatic nitrogens is 1. The van der Waals surface area contributed by atoms with E-state index in [1.165, 1.54) is 13.2 Å². The predicted molar refractivity (Wildman–Crippen MR) is 90.7 cm³/mol. The first-order chi connectivity index (χ1) is 11.8. The molecule has 1 saturated heterocycles. The number of nitrogens with one attached hydrogen (secondary N) is 1. The maximum atomic E-state index is 13.1. The number of amides is 2. The van der Waals surface area contributed by atoms with Gasteiger partial charge in [0.1, 0.15) is 6.26 Å². The number of hydrogen-bond donors (Lipinski definition) is 2. The lowest BCUT2D eigenvalue weighted by molar-refractivity contribution is -0.119. The van der Waals surface area contributed by atoms with Gasteiger partial charge in [0.2, 0.25) is 5.91 Å². The fraction of sp³-hybridized carbons (Fsp3) is 0.722. The van der Waals surface area contributed by atoms with E-state index in [0.717, 1.165) is 25.7 Å². The van der Waals surface area contributed by atoms with Crippen LogP contribution in [0.2, 0.25) is 0 Å². The standard InChI is InChI=1S/C18H27N3O4/c1-12(22)19-11-13-10-17(2)15(6-4-5-8-18(17,3)24)21(13)16(23)14-7-9-25-20-14/h7,9,13,15,24H,4-6,8,10-11H2,1-3H3,(H,19,22)/t13-,15-,17-,18+/m1/s1. The van der Waals surface area contributed by atoms with Crippen LogP contribution < -0.4 is 5.32 Å². The monoisotopic (exact) mass is 349 g/mol. The van der Waals surface area contributed by atoms with Crippen molar-refractivity contribution < 1.29 is 19.2 Å². The fourth-order valence-corrected chi connectivity index (χ4v) is 4.61. The Balaban J connectivity index is 1.97. The van der Waals surface area contributed by atoms with Gasteiger partial charge < -0.3 is 19.8 Å². The summed E-state index contributed by atoms with van der Waals surface area (Å²) in [6.45, 7) is 5.79. The molecule has 0 unspecified atom stereocenters. The molecule has 1 aromatic heterocycles. The molecular weight excluding hydrogens is 322 g/mol. The fourth-order valence-electron chi connectivity index (χ4n) is 4.61.